The van der Waals surface area contributed by atoms with Gasteiger partial charge in [-0.1, -0.05) is 43.0 Å². The number of carbonyl (C=O) groups excluding carboxylic acids is 2. The quantitative estimate of drug-likeness (QED) is 0.501. The minimum Gasteiger partial charge on any atom is -0.326 e. The van der Waals surface area contributed by atoms with E-state index in [1.165, 1.54) is 17.3 Å². The van der Waals surface area contributed by atoms with E-state index in [-0.39, 0.29) is 24.0 Å². The van der Waals surface area contributed by atoms with Crippen molar-refractivity contribution >= 4 is 35.0 Å². The number of hydrogen-bond donors (Lipinski definition) is 2. The molecule has 0 spiro atoms. The van der Waals surface area contributed by atoms with Gasteiger partial charge in [0, 0.05) is 18.4 Å². The molecule has 0 aliphatic carbocycles. The fourth-order valence-electron chi connectivity index (χ4n) is 3.30. The van der Waals surface area contributed by atoms with Crippen LogP contribution in [0.25, 0.3) is 0 Å². The number of thioether (sulfide) groups is 1. The summed E-state index contributed by atoms with van der Waals surface area (Å²) in [5, 5.41) is 14.8. The highest BCUT2D eigenvalue weighted by molar-refractivity contribution is 7.99. The molecule has 2 N–H and O–H groups in total. The number of para-hydroxylation sites is 1. The van der Waals surface area contributed by atoms with E-state index in [1.54, 1.807) is 11.6 Å². The SMILES string of the molecule is CCc1cccc(C)c1NC(=O)CSc1nnc(CC(=O)Nc2ccc(C)c(C)c2)n1C. The number of aryl methyl sites for hydroxylation is 4. The molecule has 168 valence electrons. The van der Waals surface area contributed by atoms with Crippen LogP contribution in [0.2, 0.25) is 0 Å². The smallest absolute Gasteiger partial charge is 0.234 e. The Kier molecular flexibility index (Phi) is 7.69. The molecule has 7 nitrogen and oxygen atoms in total. The van der Waals surface area contributed by atoms with Gasteiger partial charge < -0.3 is 15.2 Å². The second-order valence-electron chi connectivity index (χ2n) is 7.78. The van der Waals surface area contributed by atoms with Crippen LogP contribution >= 0.6 is 11.8 Å². The molecule has 3 rings (SSSR count). The van der Waals surface area contributed by atoms with Crippen LogP contribution in [0.3, 0.4) is 0 Å². The molecule has 0 radical (unpaired) electrons. The highest BCUT2D eigenvalue weighted by Crippen LogP contribution is 2.22. The van der Waals surface area contributed by atoms with Crippen molar-refractivity contribution in [2.75, 3.05) is 16.4 Å². The van der Waals surface area contributed by atoms with E-state index in [9.17, 15) is 9.59 Å². The Morgan fingerprint density at radius 3 is 2.47 bits per heavy atom. The average Bonchev–Trinajstić information content (AvgIpc) is 3.10. The number of rotatable bonds is 8. The maximum absolute atomic E-state index is 12.5. The molecule has 1 aromatic heterocycles. The van der Waals surface area contributed by atoms with Crippen molar-refractivity contribution in [3.63, 3.8) is 0 Å². The summed E-state index contributed by atoms with van der Waals surface area (Å²) >= 11 is 1.29. The Morgan fingerprint density at radius 1 is 0.969 bits per heavy atom. The van der Waals surface area contributed by atoms with Gasteiger partial charge in [-0.3, -0.25) is 9.59 Å². The molecule has 0 aliphatic rings. The molecule has 0 unspecified atom stereocenters. The standard InChI is InChI=1S/C24H29N5O2S/c1-6-18-9-7-8-16(3)23(18)26-22(31)14-32-24-28-27-20(29(24)5)13-21(30)25-19-11-10-15(2)17(4)12-19/h7-12H,6,13-14H2,1-5H3,(H,25,30)(H,26,31). The minimum absolute atomic E-state index is 0.101. The monoisotopic (exact) mass is 451 g/mol. The second kappa shape index (κ2) is 10.5. The van der Waals surface area contributed by atoms with E-state index in [0.29, 0.717) is 11.0 Å². The van der Waals surface area contributed by atoms with E-state index >= 15 is 0 Å². The first-order valence-corrected chi connectivity index (χ1v) is 11.5. The predicted octanol–water partition coefficient (Wildman–Crippen LogP) is 4.21. The van der Waals surface area contributed by atoms with Crippen molar-refractivity contribution in [1.29, 1.82) is 0 Å². The Labute approximate surface area is 193 Å². The third-order valence-corrected chi connectivity index (χ3v) is 6.39. The second-order valence-corrected chi connectivity index (χ2v) is 8.72. The summed E-state index contributed by atoms with van der Waals surface area (Å²) in [4.78, 5) is 24.9. The first-order chi connectivity index (χ1) is 15.3. The van der Waals surface area contributed by atoms with Crippen LogP contribution in [-0.4, -0.2) is 32.3 Å². The van der Waals surface area contributed by atoms with Gasteiger partial charge in [-0.25, -0.2) is 0 Å². The lowest BCUT2D eigenvalue weighted by Gasteiger charge is -2.12. The first kappa shape index (κ1) is 23.5. The molecule has 2 aromatic carbocycles. The highest BCUT2D eigenvalue weighted by Gasteiger charge is 2.15. The molecule has 0 fully saturated rings. The topological polar surface area (TPSA) is 88.9 Å². The molecular formula is C24H29N5O2S. The zero-order valence-corrected chi connectivity index (χ0v) is 20.0. The molecule has 0 aliphatic heterocycles. The Balaban J connectivity index is 1.57. The fraction of sp³-hybridized carbons (Fsp3) is 0.333. The van der Waals surface area contributed by atoms with Crippen molar-refractivity contribution in [1.82, 2.24) is 14.8 Å². The minimum atomic E-state index is -0.162. The van der Waals surface area contributed by atoms with Gasteiger partial charge in [0.25, 0.3) is 0 Å². The molecule has 8 heteroatoms. The van der Waals surface area contributed by atoms with Crippen LogP contribution in [-0.2, 0) is 29.5 Å². The fourth-order valence-corrected chi connectivity index (χ4v) is 4.03. The van der Waals surface area contributed by atoms with Crippen LogP contribution in [0.15, 0.2) is 41.6 Å². The third-order valence-electron chi connectivity index (χ3n) is 5.37. The Bertz CT molecular complexity index is 1140. The normalized spacial score (nSPS) is 10.8. The van der Waals surface area contributed by atoms with Gasteiger partial charge in [0.2, 0.25) is 11.8 Å². The maximum Gasteiger partial charge on any atom is 0.234 e. The number of aromatic nitrogens is 3. The lowest BCUT2D eigenvalue weighted by molar-refractivity contribution is -0.116. The number of carbonyl (C=O) groups is 2. The number of benzene rings is 2. The molecule has 32 heavy (non-hydrogen) atoms. The molecule has 0 saturated carbocycles. The van der Waals surface area contributed by atoms with Crippen LogP contribution in [0.1, 0.15) is 35.0 Å². The third kappa shape index (κ3) is 5.76. The van der Waals surface area contributed by atoms with Crippen molar-refractivity contribution < 1.29 is 9.59 Å². The van der Waals surface area contributed by atoms with Crippen molar-refractivity contribution in [3.05, 3.63) is 64.5 Å². The molecule has 0 bridgehead atoms. The lowest BCUT2D eigenvalue weighted by Crippen LogP contribution is -2.18. The van der Waals surface area contributed by atoms with Gasteiger partial charge >= 0.3 is 0 Å². The first-order valence-electron chi connectivity index (χ1n) is 10.5. The van der Waals surface area contributed by atoms with Gasteiger partial charge in [-0.15, -0.1) is 10.2 Å². The number of anilines is 2. The van der Waals surface area contributed by atoms with Gasteiger partial charge in [0.15, 0.2) is 5.16 Å². The summed E-state index contributed by atoms with van der Waals surface area (Å²) in [5.41, 5.74) is 6.08. The number of hydrogen-bond acceptors (Lipinski definition) is 5. The number of nitrogens with one attached hydrogen (secondary N) is 2. The van der Waals surface area contributed by atoms with E-state index in [2.05, 4.69) is 27.8 Å². The molecule has 0 atom stereocenters. The van der Waals surface area contributed by atoms with E-state index in [0.717, 1.165) is 34.5 Å². The Morgan fingerprint density at radius 2 is 1.75 bits per heavy atom. The zero-order chi connectivity index (χ0) is 23.3. The van der Waals surface area contributed by atoms with Crippen LogP contribution in [0, 0.1) is 20.8 Å². The summed E-state index contributed by atoms with van der Waals surface area (Å²) in [6.45, 7) is 8.09. The van der Waals surface area contributed by atoms with E-state index in [4.69, 9.17) is 0 Å². The van der Waals surface area contributed by atoms with Crippen LogP contribution < -0.4 is 10.6 Å². The van der Waals surface area contributed by atoms with E-state index < -0.39 is 0 Å². The van der Waals surface area contributed by atoms with Gasteiger partial charge in [0.05, 0.1) is 12.2 Å². The highest BCUT2D eigenvalue weighted by atomic mass is 32.2. The van der Waals surface area contributed by atoms with E-state index in [1.807, 2.05) is 57.2 Å². The predicted molar refractivity (Wildman–Crippen MR) is 129 cm³/mol. The number of amides is 2. The van der Waals surface area contributed by atoms with Gasteiger partial charge in [-0.05, 0) is 61.6 Å². The van der Waals surface area contributed by atoms with Crippen LogP contribution in [0.5, 0.6) is 0 Å². The molecular weight excluding hydrogens is 422 g/mol. The summed E-state index contributed by atoms with van der Waals surface area (Å²) in [5.74, 6) is 0.486. The maximum atomic E-state index is 12.5. The van der Waals surface area contributed by atoms with Gasteiger partial charge in [-0.2, -0.15) is 0 Å². The largest absolute Gasteiger partial charge is 0.326 e. The summed E-state index contributed by atoms with van der Waals surface area (Å²) in [6, 6.07) is 11.8. The van der Waals surface area contributed by atoms with Crippen molar-refractivity contribution in [2.24, 2.45) is 7.05 Å². The summed E-state index contributed by atoms with van der Waals surface area (Å²) in [7, 11) is 1.80. The zero-order valence-electron chi connectivity index (χ0n) is 19.2. The van der Waals surface area contributed by atoms with Gasteiger partial charge in [0.1, 0.15) is 5.82 Å². The summed E-state index contributed by atoms with van der Waals surface area (Å²) < 4.78 is 1.75. The number of nitrogens with zero attached hydrogens (tertiary/aromatic N) is 3. The summed E-state index contributed by atoms with van der Waals surface area (Å²) in [6.07, 6.45) is 0.952. The average molecular weight is 452 g/mol. The van der Waals surface area contributed by atoms with Crippen molar-refractivity contribution in [2.45, 2.75) is 45.7 Å². The Hall–Kier alpha value is -3.13. The van der Waals surface area contributed by atoms with Crippen LogP contribution in [0.4, 0.5) is 11.4 Å². The molecule has 0 saturated heterocycles. The lowest BCUT2D eigenvalue weighted by atomic mass is 10.1. The molecule has 1 heterocycles. The molecule has 2 amide bonds. The molecule has 3 aromatic rings. The van der Waals surface area contributed by atoms with Crippen molar-refractivity contribution in [3.8, 4) is 0 Å².